The van der Waals surface area contributed by atoms with Crippen molar-refractivity contribution in [2.45, 2.75) is 259 Å². The van der Waals surface area contributed by atoms with Crippen LogP contribution in [0.5, 0.6) is 0 Å². The molecule has 12 unspecified atom stereocenters. The van der Waals surface area contributed by atoms with Crippen LogP contribution in [0.3, 0.4) is 0 Å². The molecule has 0 saturated heterocycles. The van der Waals surface area contributed by atoms with Gasteiger partial charge in [-0.15, -0.1) is 0 Å². The van der Waals surface area contributed by atoms with Crippen LogP contribution in [-0.2, 0) is 0 Å². The first-order valence-electron chi connectivity index (χ1n) is 33.2. The third-order valence-corrected chi connectivity index (χ3v) is 15.6. The van der Waals surface area contributed by atoms with Gasteiger partial charge in [-0.05, 0) is 184 Å². The third kappa shape index (κ3) is 24.8. The maximum Gasteiger partial charge on any atom is 0.254 e. The van der Waals surface area contributed by atoms with E-state index in [1.165, 1.54) is 24.8 Å². The minimum atomic E-state index is -1.48. The quantitative estimate of drug-likeness (QED) is 0.0537. The highest BCUT2D eigenvalue weighted by Crippen LogP contribution is 2.32. The average molecular weight is 1290 g/mol. The molecule has 0 aliphatic heterocycles. The number of hydrogen-bond acceptors (Lipinski definition) is 24. The van der Waals surface area contributed by atoms with Gasteiger partial charge in [0.2, 0.25) is 23.8 Å². The number of anilines is 8. The van der Waals surface area contributed by atoms with Crippen LogP contribution in [0, 0.1) is 23.6 Å². The SMILES string of the molecule is CC1CCC(Nc2nc(NC(C)(C)C)ncc2C(N)=O)CC1O.[2H]C1(C)CCC(Nc2nc(NC(C)(C)C)ncc2C(N)=O)CC1O.[2H]C1(Nc2nc(NC(C)(C)C)ncc2C(N)=O)CCC(C)C(O)C1.[2H]C1(O)CC(Nc2nc(NC(C)(C)C)ncc2C(N)=O)CCC1C. The Morgan fingerprint density at radius 1 is 0.402 bits per heavy atom. The molecule has 4 amide bonds. The lowest BCUT2D eigenvalue weighted by Gasteiger charge is -2.32. The molecule has 512 valence electrons. The summed E-state index contributed by atoms with van der Waals surface area (Å²) in [6.07, 6.45) is 9.97. The molecule has 28 heteroatoms. The minimum Gasteiger partial charge on any atom is -0.393 e. The van der Waals surface area contributed by atoms with E-state index >= 15 is 0 Å². The molecule has 28 nitrogen and oxygen atoms in total. The highest BCUT2D eigenvalue weighted by atomic mass is 16.3. The van der Waals surface area contributed by atoms with Gasteiger partial charge in [0.05, 0.1) is 49.4 Å². The van der Waals surface area contributed by atoms with E-state index in [0.29, 0.717) is 79.3 Å². The zero-order valence-electron chi connectivity index (χ0n) is 59.8. The number of aliphatic hydroxyl groups is 4. The topological polar surface area (TPSA) is 453 Å². The summed E-state index contributed by atoms with van der Waals surface area (Å²) in [6, 6.07) is -1.26. The Morgan fingerprint density at radius 2 is 0.685 bits per heavy atom. The van der Waals surface area contributed by atoms with Crippen LogP contribution in [-0.4, -0.2) is 155 Å². The lowest BCUT2D eigenvalue weighted by Crippen LogP contribution is -2.36. The largest absolute Gasteiger partial charge is 0.393 e. The number of rotatable bonds is 16. The molecule has 4 aliphatic carbocycles. The maximum absolute atomic E-state index is 11.7. The van der Waals surface area contributed by atoms with Gasteiger partial charge in [0.15, 0.2) is 0 Å². The number of nitrogens with zero attached hydrogens (tertiary/aromatic N) is 8. The third-order valence-electron chi connectivity index (χ3n) is 15.6. The molecular formula is C64H108N20O8. The zero-order valence-corrected chi connectivity index (χ0v) is 56.8. The van der Waals surface area contributed by atoms with E-state index in [9.17, 15) is 39.6 Å². The fraction of sp³-hybridized carbons (Fsp3) is 0.688. The number of nitrogens with two attached hydrogens (primary N) is 4. The van der Waals surface area contributed by atoms with E-state index in [4.69, 9.17) is 27.0 Å². The molecule has 4 saturated carbocycles. The van der Waals surface area contributed by atoms with E-state index in [2.05, 4.69) is 82.4 Å². The van der Waals surface area contributed by atoms with Crippen LogP contribution >= 0.6 is 0 Å². The second kappa shape index (κ2) is 32.3. The Morgan fingerprint density at radius 3 is 0.978 bits per heavy atom. The number of aromatic nitrogens is 8. The summed E-state index contributed by atoms with van der Waals surface area (Å²) in [4.78, 5) is 80.5. The Bertz CT molecular complexity index is 3270. The fourth-order valence-electron chi connectivity index (χ4n) is 10.3. The molecule has 0 radical (unpaired) electrons. The van der Waals surface area contributed by atoms with Gasteiger partial charge in [-0.3, -0.25) is 19.2 Å². The number of carbonyl (C=O) groups excluding carboxylic acids is 4. The molecule has 0 bridgehead atoms. The highest BCUT2D eigenvalue weighted by molar-refractivity contribution is 5.99. The van der Waals surface area contributed by atoms with Crippen molar-refractivity contribution in [1.82, 2.24) is 39.9 Å². The summed E-state index contributed by atoms with van der Waals surface area (Å²) in [7, 11) is 0. The van der Waals surface area contributed by atoms with Crippen molar-refractivity contribution >= 4 is 70.7 Å². The predicted molar refractivity (Wildman–Crippen MR) is 361 cm³/mol. The van der Waals surface area contributed by atoms with Crippen LogP contribution in [0.1, 0.15) is 233 Å². The summed E-state index contributed by atoms with van der Waals surface area (Å²) in [5.74, 6) is -0.0165. The Labute approximate surface area is 547 Å². The smallest absolute Gasteiger partial charge is 0.254 e. The van der Waals surface area contributed by atoms with Crippen molar-refractivity contribution in [3.8, 4) is 0 Å². The van der Waals surface area contributed by atoms with Gasteiger partial charge >= 0.3 is 0 Å². The summed E-state index contributed by atoms with van der Waals surface area (Å²) < 4.78 is 24.6. The number of primary amides is 4. The zero-order chi connectivity index (χ0) is 71.6. The second-order valence-corrected chi connectivity index (χ2v) is 29.0. The van der Waals surface area contributed by atoms with Crippen LogP contribution < -0.4 is 65.5 Å². The fourth-order valence-corrected chi connectivity index (χ4v) is 10.3. The van der Waals surface area contributed by atoms with Gasteiger partial charge in [-0.1, -0.05) is 27.7 Å². The van der Waals surface area contributed by atoms with Crippen molar-refractivity contribution in [3.05, 3.63) is 47.0 Å². The molecule has 4 heterocycles. The molecule has 12 atom stereocenters. The molecule has 4 fully saturated rings. The first-order chi connectivity index (χ1) is 43.6. The Balaban J connectivity index is 0.000000229. The van der Waals surface area contributed by atoms with Crippen molar-refractivity contribution < 1.29 is 43.7 Å². The molecule has 4 aliphatic rings. The van der Waals surface area contributed by atoms with Gasteiger partial charge in [-0.2, -0.15) is 19.9 Å². The number of nitrogens with one attached hydrogen (secondary N) is 8. The summed E-state index contributed by atoms with van der Waals surface area (Å²) in [6.45, 7) is 31.4. The Hall–Kier alpha value is -7.56. The highest BCUT2D eigenvalue weighted by Gasteiger charge is 2.32. The van der Waals surface area contributed by atoms with Gasteiger partial charge in [0, 0.05) is 72.5 Å². The summed E-state index contributed by atoms with van der Waals surface area (Å²) in [5.41, 5.74) is 21.5. The van der Waals surface area contributed by atoms with Crippen LogP contribution in [0.15, 0.2) is 24.8 Å². The van der Waals surface area contributed by atoms with E-state index in [1.54, 1.807) is 6.92 Å². The molecule has 0 aromatic carbocycles. The van der Waals surface area contributed by atoms with Crippen LogP contribution in [0.2, 0.25) is 0 Å². The van der Waals surface area contributed by atoms with Gasteiger partial charge in [0.1, 0.15) is 23.3 Å². The number of amides is 4. The molecular weight excluding hydrogens is 1180 g/mol. The Kier molecular flexibility index (Phi) is 24.7. The van der Waals surface area contributed by atoms with Gasteiger partial charge < -0.3 is 85.9 Å². The van der Waals surface area contributed by atoms with Crippen LogP contribution in [0.25, 0.3) is 0 Å². The number of aliphatic hydroxyl groups excluding tert-OH is 3. The van der Waals surface area contributed by atoms with Crippen molar-refractivity contribution in [2.75, 3.05) is 42.5 Å². The van der Waals surface area contributed by atoms with Crippen molar-refractivity contribution in [3.63, 3.8) is 0 Å². The summed E-state index contributed by atoms with van der Waals surface area (Å²) >= 11 is 0. The monoisotopic (exact) mass is 1290 g/mol. The minimum absolute atomic E-state index is 0.0664. The van der Waals surface area contributed by atoms with Crippen molar-refractivity contribution in [1.29, 1.82) is 0 Å². The average Bonchev–Trinajstić information content (AvgIpc) is 0.823. The lowest BCUT2D eigenvalue weighted by atomic mass is 9.85. The van der Waals surface area contributed by atoms with Crippen LogP contribution in [0.4, 0.5) is 47.1 Å². The molecule has 20 N–H and O–H groups in total. The van der Waals surface area contributed by atoms with Gasteiger partial charge in [0.25, 0.3) is 23.6 Å². The molecule has 0 spiro atoms. The van der Waals surface area contributed by atoms with E-state index in [-0.39, 0.29) is 99.1 Å². The second-order valence-electron chi connectivity index (χ2n) is 29.0. The molecule has 92 heavy (non-hydrogen) atoms. The van der Waals surface area contributed by atoms with Gasteiger partial charge in [-0.25, -0.2) is 19.9 Å². The number of hydrogen-bond donors (Lipinski definition) is 16. The standard InChI is InChI=1S/4C16H27N5O2/c4*1-9-5-6-10(7-12(9)22)19-14-11(13(17)23)8-18-15(20-14)21-16(2,3)4/h4*8-10,12,22H,5-7H2,1-4H3,(H2,17,23)(H2,18,19,20,21)/i12D;10D;9D;. The normalized spacial score (nSPS) is 27.9. The lowest BCUT2D eigenvalue weighted by molar-refractivity contribution is 0.0737. The maximum atomic E-state index is 11.7. The van der Waals surface area contributed by atoms with E-state index in [0.717, 1.165) is 32.1 Å². The van der Waals surface area contributed by atoms with E-state index < -0.39 is 53.8 Å². The molecule has 8 rings (SSSR count). The predicted octanol–water partition coefficient (Wildman–Crippen LogP) is 6.99. The summed E-state index contributed by atoms with van der Waals surface area (Å²) in [5, 5.41) is 65.6. The van der Waals surface area contributed by atoms with E-state index in [1.807, 2.05) is 104 Å². The molecule has 4 aromatic heterocycles. The first kappa shape index (κ1) is 70.3. The molecule has 4 aromatic rings. The first-order valence-corrected chi connectivity index (χ1v) is 31.7. The number of carbonyl (C=O) groups is 4. The van der Waals surface area contributed by atoms with Crippen molar-refractivity contribution in [2.24, 2.45) is 46.6 Å².